The van der Waals surface area contributed by atoms with Crippen molar-refractivity contribution >= 4 is 22.6 Å². The van der Waals surface area contributed by atoms with Crippen LogP contribution in [0.25, 0.3) is 0 Å². The Morgan fingerprint density at radius 1 is 1.02 bits per heavy atom. The van der Waals surface area contributed by atoms with E-state index in [2.05, 4.69) is 66.5 Å². The van der Waals surface area contributed by atoms with Crippen molar-refractivity contribution < 1.29 is 33.0 Å². The second kappa shape index (κ2) is 10.1. The zero-order chi connectivity index (χ0) is 32.4. The van der Waals surface area contributed by atoms with Crippen molar-refractivity contribution in [3.05, 3.63) is 23.3 Å². The second-order valence-electron chi connectivity index (χ2n) is 18.1. The van der Waals surface area contributed by atoms with Crippen LogP contribution in [0.5, 0.6) is 0 Å². The van der Waals surface area contributed by atoms with Gasteiger partial charge in [0.2, 0.25) is 0 Å². The zero-order valence-electron chi connectivity index (χ0n) is 29.2. The first-order valence-electron chi connectivity index (χ1n) is 17.1. The molecule has 0 bridgehead atoms. The molecule has 8 atom stereocenters. The number of fused-ring (bicyclic) bond motifs is 3. The Morgan fingerprint density at radius 3 is 2.32 bits per heavy atom. The van der Waals surface area contributed by atoms with Gasteiger partial charge in [-0.05, 0) is 102 Å². The summed E-state index contributed by atoms with van der Waals surface area (Å²) in [4.78, 5) is 12.2. The fourth-order valence-corrected chi connectivity index (χ4v) is 13.0. The van der Waals surface area contributed by atoms with Crippen LogP contribution in [0.1, 0.15) is 86.5 Å². The van der Waals surface area contributed by atoms with E-state index >= 15 is 0 Å². The van der Waals surface area contributed by atoms with Gasteiger partial charge in [-0.25, -0.2) is 4.79 Å². The van der Waals surface area contributed by atoms with Gasteiger partial charge >= 0.3 is 5.97 Å². The minimum Gasteiger partial charge on any atom is -0.458 e. The van der Waals surface area contributed by atoms with E-state index in [1.165, 1.54) is 5.57 Å². The van der Waals surface area contributed by atoms with Gasteiger partial charge in [0.05, 0.1) is 35.4 Å². The maximum atomic E-state index is 13.0. The third kappa shape index (κ3) is 4.84. The van der Waals surface area contributed by atoms with Crippen LogP contribution in [0.2, 0.25) is 37.8 Å². The van der Waals surface area contributed by atoms with E-state index in [-0.39, 0.29) is 46.1 Å². The first-order valence-corrected chi connectivity index (χ1v) is 23.4. The number of esters is 1. The largest absolute Gasteiger partial charge is 0.458 e. The lowest BCUT2D eigenvalue weighted by atomic mass is 9.44. The van der Waals surface area contributed by atoms with E-state index in [0.717, 1.165) is 37.7 Å². The van der Waals surface area contributed by atoms with Gasteiger partial charge in [-0.1, -0.05) is 39.3 Å². The topological polar surface area (TPSA) is 83.5 Å². The maximum absolute atomic E-state index is 13.0. The lowest BCUT2D eigenvalue weighted by molar-refractivity contribution is -0.360. The molecule has 4 aliphatic carbocycles. The number of hydrogen-bond donors (Lipinski definition) is 1. The third-order valence-electron chi connectivity index (χ3n) is 13.0. The first kappa shape index (κ1) is 33.1. The predicted molar refractivity (Wildman–Crippen MR) is 176 cm³/mol. The van der Waals surface area contributed by atoms with Crippen molar-refractivity contribution in [2.45, 2.75) is 153 Å². The van der Waals surface area contributed by atoms with E-state index in [9.17, 15) is 9.90 Å². The highest BCUT2D eigenvalue weighted by Crippen LogP contribution is 2.71. The summed E-state index contributed by atoms with van der Waals surface area (Å²) in [6.45, 7) is 25.6. The Bertz CT molecular complexity index is 1260. The smallest absolute Gasteiger partial charge is 0.331 e. The quantitative estimate of drug-likeness (QED) is 0.191. The third-order valence-corrected chi connectivity index (χ3v) is 18.5. The molecule has 6 aliphatic rings. The van der Waals surface area contributed by atoms with Gasteiger partial charge in [0.1, 0.15) is 6.61 Å². The standard InChI is InChI=1S/C35H58O7Si2/c1-30(2,3)44(10,11)41-24-19-28-34(22-39-31(4,5)40-28)26-12-15-32(6)25(23-18-29(36)38-21-23)14-17-35(32,42-43(7,8)9)27(26)13-16-33(34,37)20-24/h12,18,24-25,27-28,37H,13-17,19-22H2,1-11H3/t24-,25+,27+,28+,32+,33-,34-,35-/m0/s1. The van der Waals surface area contributed by atoms with Gasteiger partial charge in [0.25, 0.3) is 0 Å². The summed E-state index contributed by atoms with van der Waals surface area (Å²) >= 11 is 0. The average molecular weight is 647 g/mol. The molecule has 6 rings (SSSR count). The Balaban J connectivity index is 1.45. The van der Waals surface area contributed by atoms with Gasteiger partial charge in [0, 0.05) is 23.8 Å². The van der Waals surface area contributed by atoms with Crippen molar-refractivity contribution in [1.29, 1.82) is 0 Å². The monoisotopic (exact) mass is 646 g/mol. The number of carbonyl (C=O) groups is 1. The molecule has 2 heterocycles. The molecule has 1 saturated heterocycles. The van der Waals surface area contributed by atoms with E-state index in [1.807, 2.05) is 13.8 Å². The minimum absolute atomic E-state index is 0.0613. The van der Waals surface area contributed by atoms with Gasteiger partial charge in [0.15, 0.2) is 22.4 Å². The Kier molecular flexibility index (Phi) is 7.59. The van der Waals surface area contributed by atoms with E-state index in [4.69, 9.17) is 23.1 Å². The Hall–Kier alpha value is -0.816. The normalized spacial score (nSPS) is 43.7. The molecule has 2 aliphatic heterocycles. The molecule has 9 heteroatoms. The summed E-state index contributed by atoms with van der Waals surface area (Å²) in [7, 11) is -4.09. The highest BCUT2D eigenvalue weighted by Gasteiger charge is 2.74. The van der Waals surface area contributed by atoms with Crippen molar-refractivity contribution in [3.63, 3.8) is 0 Å². The number of carbonyl (C=O) groups excluding carboxylic acids is 1. The van der Waals surface area contributed by atoms with Crippen molar-refractivity contribution in [2.75, 3.05) is 13.2 Å². The van der Waals surface area contributed by atoms with Crippen molar-refractivity contribution in [1.82, 2.24) is 0 Å². The van der Waals surface area contributed by atoms with Crippen LogP contribution in [0.3, 0.4) is 0 Å². The average Bonchev–Trinajstić information content (AvgIpc) is 3.40. The predicted octanol–water partition coefficient (Wildman–Crippen LogP) is 7.27. The Labute approximate surface area is 267 Å². The maximum Gasteiger partial charge on any atom is 0.331 e. The van der Waals surface area contributed by atoms with E-state index in [1.54, 1.807) is 6.08 Å². The summed E-state index contributed by atoms with van der Waals surface area (Å²) in [6.07, 6.45) is 9.52. The van der Waals surface area contributed by atoms with Crippen LogP contribution in [0.4, 0.5) is 0 Å². The van der Waals surface area contributed by atoms with Gasteiger partial charge in [-0.15, -0.1) is 0 Å². The Morgan fingerprint density at radius 2 is 1.70 bits per heavy atom. The van der Waals surface area contributed by atoms with Crippen molar-refractivity contribution in [3.8, 4) is 0 Å². The summed E-state index contributed by atoms with van der Waals surface area (Å²) in [5.74, 6) is -0.590. The fourth-order valence-electron chi connectivity index (χ4n) is 10.1. The summed E-state index contributed by atoms with van der Waals surface area (Å²) in [5, 5.41) is 13.1. The zero-order valence-corrected chi connectivity index (χ0v) is 31.2. The number of aliphatic hydroxyl groups is 1. The van der Waals surface area contributed by atoms with Crippen LogP contribution in [-0.2, 0) is 27.9 Å². The molecule has 0 amide bonds. The number of allylic oxidation sites excluding steroid dienone is 1. The number of cyclic esters (lactones) is 1. The molecular formula is C35H58O7Si2. The summed E-state index contributed by atoms with van der Waals surface area (Å²) in [6, 6.07) is 0. The number of ether oxygens (including phenoxy) is 3. The molecule has 0 unspecified atom stereocenters. The van der Waals surface area contributed by atoms with Crippen molar-refractivity contribution in [2.24, 2.45) is 22.7 Å². The van der Waals surface area contributed by atoms with Crippen LogP contribution < -0.4 is 0 Å². The number of rotatable bonds is 5. The minimum atomic E-state index is -2.07. The molecule has 0 radical (unpaired) electrons. The van der Waals surface area contributed by atoms with Gasteiger partial charge < -0.3 is 28.2 Å². The second-order valence-corrected chi connectivity index (χ2v) is 27.3. The molecule has 4 fully saturated rings. The fraction of sp³-hybridized carbons (Fsp3) is 0.857. The molecule has 1 N–H and O–H groups in total. The molecule has 1 spiro atoms. The first-order chi connectivity index (χ1) is 20.1. The highest BCUT2D eigenvalue weighted by atomic mass is 28.4. The molecule has 248 valence electrons. The van der Waals surface area contributed by atoms with Crippen LogP contribution >= 0.6 is 0 Å². The molecule has 3 saturated carbocycles. The van der Waals surface area contributed by atoms with Gasteiger partial charge in [-0.2, -0.15) is 0 Å². The lowest BCUT2D eigenvalue weighted by Gasteiger charge is -2.68. The van der Waals surface area contributed by atoms with Crippen LogP contribution in [0, 0.1) is 22.7 Å². The molecule has 0 aromatic carbocycles. The molecule has 44 heavy (non-hydrogen) atoms. The summed E-state index contributed by atoms with van der Waals surface area (Å²) < 4.78 is 33.4. The molecule has 0 aromatic rings. The molecule has 0 aromatic heterocycles. The summed E-state index contributed by atoms with van der Waals surface area (Å²) in [5.41, 5.74) is 0.193. The highest BCUT2D eigenvalue weighted by molar-refractivity contribution is 6.74. The lowest BCUT2D eigenvalue weighted by Crippen LogP contribution is -2.74. The van der Waals surface area contributed by atoms with Crippen LogP contribution in [-0.4, -0.2) is 70.1 Å². The molecular weight excluding hydrogens is 589 g/mol. The number of hydrogen-bond acceptors (Lipinski definition) is 7. The van der Waals surface area contributed by atoms with Crippen LogP contribution in [0.15, 0.2) is 23.3 Å². The molecule has 7 nitrogen and oxygen atoms in total. The van der Waals surface area contributed by atoms with Gasteiger partial charge in [-0.3, -0.25) is 0 Å². The van der Waals surface area contributed by atoms with E-state index in [0.29, 0.717) is 26.1 Å². The van der Waals surface area contributed by atoms with E-state index < -0.39 is 33.4 Å². The SMILES string of the molecule is CC1(C)OC[C@@]23C4=CC[C@]5(C)[C@@H](C6=CC(=O)OC6)CC[C@]5(O[Si](C)(C)C)[C@@H]4CC[C@]2(O)C[C@@H](O[Si](C)(C)C(C)(C)C)C[C@H]3O1.